The minimum atomic E-state index is -0.657. The zero-order chi connectivity index (χ0) is 20.8. The van der Waals surface area contributed by atoms with Gasteiger partial charge < -0.3 is 24.1 Å². The van der Waals surface area contributed by atoms with E-state index < -0.39 is 6.10 Å². The maximum Gasteiger partial charge on any atom is 0.203 e. The minimum Gasteiger partial charge on any atom is -0.493 e. The summed E-state index contributed by atoms with van der Waals surface area (Å²) in [6.45, 7) is 4.16. The van der Waals surface area contributed by atoms with Crippen molar-refractivity contribution in [1.82, 2.24) is 4.90 Å². The third kappa shape index (κ3) is 6.02. The van der Waals surface area contributed by atoms with Crippen LogP contribution in [-0.2, 0) is 4.74 Å². The second-order valence-corrected chi connectivity index (χ2v) is 7.95. The van der Waals surface area contributed by atoms with E-state index in [1.54, 1.807) is 26.4 Å². The van der Waals surface area contributed by atoms with Crippen LogP contribution in [-0.4, -0.2) is 62.7 Å². The van der Waals surface area contributed by atoms with Gasteiger partial charge in [0.25, 0.3) is 0 Å². The van der Waals surface area contributed by atoms with Crippen LogP contribution in [0, 0.1) is 0 Å². The Morgan fingerprint density at radius 1 is 1.13 bits per heavy atom. The van der Waals surface area contributed by atoms with Crippen LogP contribution in [0.2, 0.25) is 0 Å². The largest absolute Gasteiger partial charge is 0.493 e. The molecule has 1 aliphatic heterocycles. The summed E-state index contributed by atoms with van der Waals surface area (Å²) >= 11 is 3.47. The lowest BCUT2D eigenvalue weighted by atomic mass is 10.0. The molecule has 8 heteroatoms. The molecular formula is C22H29BrClNO5. The second kappa shape index (κ2) is 11.8. The molecule has 166 valence electrons. The highest BCUT2D eigenvalue weighted by Crippen LogP contribution is 2.37. The average molecular weight is 503 g/mol. The molecule has 0 bridgehead atoms. The molecule has 0 saturated carbocycles. The van der Waals surface area contributed by atoms with Crippen LogP contribution < -0.4 is 14.2 Å². The fourth-order valence-corrected chi connectivity index (χ4v) is 3.84. The van der Waals surface area contributed by atoms with Crippen LogP contribution in [0.1, 0.15) is 18.6 Å². The number of aliphatic hydroxyl groups is 1. The van der Waals surface area contributed by atoms with Crippen molar-refractivity contribution in [3.63, 3.8) is 0 Å². The van der Waals surface area contributed by atoms with E-state index in [0.29, 0.717) is 30.4 Å². The van der Waals surface area contributed by atoms with E-state index in [9.17, 15) is 5.11 Å². The zero-order valence-corrected chi connectivity index (χ0v) is 19.8. The maximum atomic E-state index is 10.6. The predicted molar refractivity (Wildman–Crippen MR) is 122 cm³/mol. The van der Waals surface area contributed by atoms with Crippen LogP contribution in [0.15, 0.2) is 46.9 Å². The number of morpholine rings is 1. The number of rotatable bonds is 8. The van der Waals surface area contributed by atoms with Gasteiger partial charge in [-0.15, -0.1) is 12.4 Å². The summed E-state index contributed by atoms with van der Waals surface area (Å²) in [6, 6.07) is 13.8. The summed E-state index contributed by atoms with van der Waals surface area (Å²) < 4.78 is 23.6. The summed E-state index contributed by atoms with van der Waals surface area (Å²) in [5.41, 5.74) is 1.13. The molecule has 1 saturated heterocycles. The molecule has 3 atom stereocenters. The lowest BCUT2D eigenvalue weighted by Crippen LogP contribution is -2.49. The Balaban J connectivity index is 0.00000320. The predicted octanol–water partition coefficient (Wildman–Crippen LogP) is 4.09. The van der Waals surface area contributed by atoms with Gasteiger partial charge in [-0.1, -0.05) is 34.1 Å². The van der Waals surface area contributed by atoms with Gasteiger partial charge in [-0.3, -0.25) is 4.90 Å². The first-order valence-electron chi connectivity index (χ1n) is 9.66. The van der Waals surface area contributed by atoms with Crippen molar-refractivity contribution in [2.75, 3.05) is 40.5 Å². The first-order valence-corrected chi connectivity index (χ1v) is 10.5. The summed E-state index contributed by atoms with van der Waals surface area (Å²) in [7, 11) is 3.16. The van der Waals surface area contributed by atoms with E-state index >= 15 is 0 Å². The molecule has 1 fully saturated rings. The smallest absolute Gasteiger partial charge is 0.203 e. The van der Waals surface area contributed by atoms with Crippen LogP contribution in [0.4, 0.5) is 0 Å². The van der Waals surface area contributed by atoms with Gasteiger partial charge >= 0.3 is 0 Å². The standard InChI is InChI=1S/C22H28BrNO5.ClH/c1-15-21(16-7-9-17(23)10-8-16)28-12-11-24(15)13-18(25)14-29-22-19(26-2)5-4-6-20(22)27-3;/h4-10,15,18,21,25H,11-14H2,1-3H3;1H. The number of methoxy groups -OCH3 is 2. The highest BCUT2D eigenvalue weighted by Gasteiger charge is 2.31. The van der Waals surface area contributed by atoms with Crippen LogP contribution in [0.5, 0.6) is 17.2 Å². The lowest BCUT2D eigenvalue weighted by Gasteiger charge is -2.40. The number of benzene rings is 2. The molecule has 0 aromatic heterocycles. The number of β-amino-alcohol motifs (C(OH)–C–C–N with tert-alkyl or cyclic N) is 1. The summed E-state index contributed by atoms with van der Waals surface area (Å²) in [5, 5.41) is 10.6. The minimum absolute atomic E-state index is 0. The number of hydrogen-bond donors (Lipinski definition) is 1. The molecule has 1 N–H and O–H groups in total. The van der Waals surface area contributed by atoms with E-state index in [0.717, 1.165) is 16.6 Å². The molecule has 30 heavy (non-hydrogen) atoms. The van der Waals surface area contributed by atoms with Gasteiger partial charge in [0.1, 0.15) is 12.7 Å². The van der Waals surface area contributed by atoms with Crippen molar-refractivity contribution in [3.05, 3.63) is 52.5 Å². The zero-order valence-electron chi connectivity index (χ0n) is 17.4. The molecule has 0 aliphatic carbocycles. The third-order valence-corrected chi connectivity index (χ3v) is 5.67. The van der Waals surface area contributed by atoms with E-state index in [1.807, 2.05) is 18.2 Å². The third-order valence-electron chi connectivity index (χ3n) is 5.14. The molecule has 3 unspecified atom stereocenters. The number of ether oxygens (including phenoxy) is 4. The van der Waals surface area contributed by atoms with E-state index in [-0.39, 0.29) is 31.2 Å². The fourth-order valence-electron chi connectivity index (χ4n) is 3.58. The Kier molecular flexibility index (Phi) is 9.71. The number of nitrogens with zero attached hydrogens (tertiary/aromatic N) is 1. The summed E-state index contributed by atoms with van der Waals surface area (Å²) in [6.07, 6.45) is -0.685. The van der Waals surface area contributed by atoms with Gasteiger partial charge in [0.15, 0.2) is 11.5 Å². The SMILES string of the molecule is COc1cccc(OC)c1OCC(O)CN1CCOC(c2ccc(Br)cc2)C1C.Cl. The molecule has 1 aliphatic rings. The first-order chi connectivity index (χ1) is 14.0. The second-order valence-electron chi connectivity index (χ2n) is 7.03. The molecular weight excluding hydrogens is 474 g/mol. The number of aliphatic hydroxyl groups excluding tert-OH is 1. The Morgan fingerprint density at radius 2 is 1.77 bits per heavy atom. The molecule has 0 radical (unpaired) electrons. The average Bonchev–Trinajstić information content (AvgIpc) is 2.74. The van der Waals surface area contributed by atoms with E-state index in [1.165, 1.54) is 0 Å². The van der Waals surface area contributed by atoms with Gasteiger partial charge in [-0.25, -0.2) is 0 Å². The van der Waals surface area contributed by atoms with Crippen LogP contribution in [0.3, 0.4) is 0 Å². The Morgan fingerprint density at radius 3 is 2.37 bits per heavy atom. The number of hydrogen-bond acceptors (Lipinski definition) is 6. The van der Waals surface area contributed by atoms with Crippen molar-refractivity contribution in [3.8, 4) is 17.2 Å². The fraction of sp³-hybridized carbons (Fsp3) is 0.455. The number of para-hydroxylation sites is 1. The maximum absolute atomic E-state index is 10.6. The van der Waals surface area contributed by atoms with Gasteiger partial charge in [0, 0.05) is 23.6 Å². The molecule has 0 amide bonds. The van der Waals surface area contributed by atoms with Crippen molar-refractivity contribution >= 4 is 28.3 Å². The molecule has 3 rings (SSSR count). The van der Waals surface area contributed by atoms with Crippen molar-refractivity contribution in [1.29, 1.82) is 0 Å². The monoisotopic (exact) mass is 501 g/mol. The summed E-state index contributed by atoms with van der Waals surface area (Å²) in [5.74, 6) is 1.65. The highest BCUT2D eigenvalue weighted by atomic mass is 79.9. The first kappa shape index (κ1) is 24.8. The Bertz CT molecular complexity index is 769. The summed E-state index contributed by atoms with van der Waals surface area (Å²) in [4.78, 5) is 2.24. The Labute approximate surface area is 192 Å². The van der Waals surface area contributed by atoms with Crippen molar-refractivity contribution in [2.45, 2.75) is 25.2 Å². The Hall–Kier alpha value is -1.51. The normalized spacial score (nSPS) is 20.2. The van der Waals surface area contributed by atoms with E-state index in [2.05, 4.69) is 39.9 Å². The van der Waals surface area contributed by atoms with Gasteiger partial charge in [0.05, 0.1) is 26.9 Å². The van der Waals surface area contributed by atoms with Gasteiger partial charge in [-0.05, 0) is 36.8 Å². The van der Waals surface area contributed by atoms with Gasteiger partial charge in [-0.2, -0.15) is 0 Å². The molecule has 1 heterocycles. The molecule has 2 aromatic carbocycles. The van der Waals surface area contributed by atoms with Crippen LogP contribution in [0.25, 0.3) is 0 Å². The topological polar surface area (TPSA) is 60.4 Å². The van der Waals surface area contributed by atoms with Gasteiger partial charge in [0.2, 0.25) is 5.75 Å². The van der Waals surface area contributed by atoms with E-state index in [4.69, 9.17) is 18.9 Å². The lowest BCUT2D eigenvalue weighted by molar-refractivity contribution is -0.0805. The molecule has 2 aromatic rings. The highest BCUT2D eigenvalue weighted by molar-refractivity contribution is 9.10. The van der Waals surface area contributed by atoms with Crippen molar-refractivity contribution in [2.24, 2.45) is 0 Å². The molecule has 0 spiro atoms. The van der Waals surface area contributed by atoms with Crippen molar-refractivity contribution < 1.29 is 24.1 Å². The van der Waals surface area contributed by atoms with Crippen LogP contribution >= 0.6 is 28.3 Å². The quantitative estimate of drug-likeness (QED) is 0.587. The molecule has 6 nitrogen and oxygen atoms in total. The number of halogens is 2.